The van der Waals surface area contributed by atoms with E-state index >= 15 is 0 Å². The monoisotopic (exact) mass is 337 g/mol. The molecule has 1 fully saturated rings. The molecule has 0 aliphatic carbocycles. The third-order valence-corrected chi connectivity index (χ3v) is 4.28. The minimum absolute atomic E-state index is 0.257. The van der Waals surface area contributed by atoms with Gasteiger partial charge in [0.25, 0.3) is 5.19 Å². The van der Waals surface area contributed by atoms with Crippen molar-refractivity contribution >= 4 is 17.3 Å². The molecule has 1 saturated heterocycles. The molecule has 2 aromatic rings. The molecule has 0 N–H and O–H groups in total. The maximum absolute atomic E-state index is 5.74. The highest BCUT2D eigenvalue weighted by Crippen LogP contribution is 2.24. The van der Waals surface area contributed by atoms with Crippen molar-refractivity contribution in [2.45, 2.75) is 12.8 Å². The van der Waals surface area contributed by atoms with E-state index in [1.165, 1.54) is 25.6 Å². The molecule has 0 amide bonds. The van der Waals surface area contributed by atoms with Crippen LogP contribution in [0.25, 0.3) is 0 Å². The first-order valence-corrected chi connectivity index (χ1v) is 8.27. The van der Waals surface area contributed by atoms with Crippen LogP contribution >= 0.6 is 11.3 Å². The van der Waals surface area contributed by atoms with E-state index in [0.29, 0.717) is 23.7 Å². The smallest absolute Gasteiger partial charge is 0.324 e. The fraction of sp³-hybridized carbons (Fsp3) is 0.571. The van der Waals surface area contributed by atoms with E-state index in [9.17, 15) is 0 Å². The summed E-state index contributed by atoms with van der Waals surface area (Å²) in [5.74, 6) is 0.981. The van der Waals surface area contributed by atoms with Gasteiger partial charge in [0.05, 0.1) is 20.8 Å². The number of aromatic nitrogens is 4. The molecule has 0 bridgehead atoms. The van der Waals surface area contributed by atoms with E-state index in [4.69, 9.17) is 14.2 Å². The van der Waals surface area contributed by atoms with Gasteiger partial charge in [-0.2, -0.15) is 9.97 Å². The van der Waals surface area contributed by atoms with Crippen LogP contribution in [0.4, 0.5) is 5.95 Å². The molecule has 124 valence electrons. The second kappa shape index (κ2) is 7.40. The van der Waals surface area contributed by atoms with E-state index in [-0.39, 0.29) is 12.0 Å². The summed E-state index contributed by atoms with van der Waals surface area (Å²) in [7, 11) is 3.05. The Kier molecular flexibility index (Phi) is 5.06. The van der Waals surface area contributed by atoms with Crippen LogP contribution < -0.4 is 19.1 Å². The summed E-state index contributed by atoms with van der Waals surface area (Å²) in [6.07, 6.45) is 3.92. The number of hydrogen-bond acceptors (Lipinski definition) is 9. The molecule has 1 aliphatic rings. The lowest BCUT2D eigenvalue weighted by Gasteiger charge is -2.32. The Morgan fingerprint density at radius 2 is 2.00 bits per heavy atom. The van der Waals surface area contributed by atoms with Crippen molar-refractivity contribution in [3.63, 3.8) is 0 Å². The van der Waals surface area contributed by atoms with Gasteiger partial charge in [0.1, 0.15) is 0 Å². The van der Waals surface area contributed by atoms with Gasteiger partial charge in [0.2, 0.25) is 5.95 Å². The number of thiazole rings is 1. The van der Waals surface area contributed by atoms with Crippen LogP contribution in [0.1, 0.15) is 12.8 Å². The van der Waals surface area contributed by atoms with Gasteiger partial charge >= 0.3 is 12.0 Å². The van der Waals surface area contributed by atoms with Crippen molar-refractivity contribution in [3.8, 4) is 17.2 Å². The molecule has 3 heterocycles. The molecule has 23 heavy (non-hydrogen) atoms. The molecule has 3 rings (SSSR count). The Bertz CT molecular complexity index is 603. The minimum atomic E-state index is 0.257. The predicted molar refractivity (Wildman–Crippen MR) is 85.5 cm³/mol. The number of nitrogens with zero attached hydrogens (tertiary/aromatic N) is 5. The summed E-state index contributed by atoms with van der Waals surface area (Å²) in [5.41, 5.74) is 0. The van der Waals surface area contributed by atoms with Crippen molar-refractivity contribution < 1.29 is 14.2 Å². The van der Waals surface area contributed by atoms with Crippen LogP contribution in [0.5, 0.6) is 17.2 Å². The van der Waals surface area contributed by atoms with E-state index in [2.05, 4.69) is 24.8 Å². The molecular formula is C14H19N5O3S. The van der Waals surface area contributed by atoms with Crippen LogP contribution in [0.15, 0.2) is 11.6 Å². The van der Waals surface area contributed by atoms with Crippen molar-refractivity contribution in [2.24, 2.45) is 5.92 Å². The first-order valence-electron chi connectivity index (χ1n) is 7.39. The van der Waals surface area contributed by atoms with Crippen LogP contribution in [0.2, 0.25) is 0 Å². The van der Waals surface area contributed by atoms with E-state index < -0.39 is 0 Å². The van der Waals surface area contributed by atoms with Crippen LogP contribution in [-0.2, 0) is 0 Å². The third-order valence-electron chi connectivity index (χ3n) is 3.60. The highest BCUT2D eigenvalue weighted by molar-refractivity contribution is 7.11. The molecule has 1 aliphatic heterocycles. The Labute approximate surface area is 138 Å². The molecule has 0 radical (unpaired) electrons. The lowest BCUT2D eigenvalue weighted by atomic mass is 9.99. The molecule has 0 spiro atoms. The summed E-state index contributed by atoms with van der Waals surface area (Å²) in [6, 6.07) is 0.515. The predicted octanol–water partition coefficient (Wildman–Crippen LogP) is 1.64. The van der Waals surface area contributed by atoms with Gasteiger partial charge < -0.3 is 19.1 Å². The Morgan fingerprint density at radius 3 is 2.65 bits per heavy atom. The van der Waals surface area contributed by atoms with Crippen molar-refractivity contribution in [1.29, 1.82) is 0 Å². The largest absolute Gasteiger partial charge is 0.470 e. The summed E-state index contributed by atoms with van der Waals surface area (Å²) in [4.78, 5) is 18.9. The van der Waals surface area contributed by atoms with E-state index in [1.807, 2.05) is 5.38 Å². The summed E-state index contributed by atoms with van der Waals surface area (Å²) >= 11 is 1.51. The minimum Gasteiger partial charge on any atom is -0.470 e. The zero-order valence-electron chi connectivity index (χ0n) is 13.1. The standard InChI is InChI=1S/C14H19N5O3S/c1-20-12-16-11(17-13(18-12)21-2)19-6-3-4-10(8-19)9-22-14-15-5-7-23-14/h5,7,10H,3-4,6,8-9H2,1-2H3. The van der Waals surface area contributed by atoms with Gasteiger partial charge in [-0.05, 0) is 12.8 Å². The fourth-order valence-electron chi connectivity index (χ4n) is 2.51. The normalized spacial score (nSPS) is 17.8. The number of methoxy groups -OCH3 is 2. The Balaban J connectivity index is 1.65. The first kappa shape index (κ1) is 15.7. The van der Waals surface area contributed by atoms with Gasteiger partial charge in [-0.25, -0.2) is 4.98 Å². The molecule has 1 unspecified atom stereocenters. The average Bonchev–Trinajstić information content (AvgIpc) is 3.13. The maximum Gasteiger partial charge on any atom is 0.324 e. The molecular weight excluding hydrogens is 318 g/mol. The first-order chi connectivity index (χ1) is 11.3. The highest BCUT2D eigenvalue weighted by Gasteiger charge is 2.24. The summed E-state index contributed by atoms with van der Waals surface area (Å²) in [6.45, 7) is 2.36. The van der Waals surface area contributed by atoms with Crippen molar-refractivity contribution in [2.75, 3.05) is 38.8 Å². The molecule has 0 aromatic carbocycles. The lowest BCUT2D eigenvalue weighted by Crippen LogP contribution is -2.38. The number of piperidine rings is 1. The third kappa shape index (κ3) is 3.98. The Morgan fingerprint density at radius 1 is 1.22 bits per heavy atom. The summed E-state index contributed by atoms with van der Waals surface area (Å²) in [5, 5.41) is 2.62. The Hall–Kier alpha value is -2.16. The topological polar surface area (TPSA) is 82.5 Å². The van der Waals surface area contributed by atoms with Gasteiger partial charge in [0, 0.05) is 30.6 Å². The zero-order valence-corrected chi connectivity index (χ0v) is 14.0. The molecule has 9 heteroatoms. The molecule has 1 atom stereocenters. The number of rotatable bonds is 6. The number of ether oxygens (including phenoxy) is 3. The number of hydrogen-bond donors (Lipinski definition) is 0. The van der Waals surface area contributed by atoms with E-state index in [0.717, 1.165) is 25.9 Å². The molecule has 0 saturated carbocycles. The average molecular weight is 337 g/mol. The maximum atomic E-state index is 5.74. The van der Waals surface area contributed by atoms with E-state index in [1.54, 1.807) is 6.20 Å². The van der Waals surface area contributed by atoms with Crippen LogP contribution in [-0.4, -0.2) is 53.9 Å². The SMILES string of the molecule is COc1nc(OC)nc(N2CCCC(COc3nccs3)C2)n1. The molecule has 2 aromatic heterocycles. The van der Waals surface area contributed by atoms with Crippen LogP contribution in [0, 0.1) is 5.92 Å². The summed E-state index contributed by atoms with van der Waals surface area (Å²) < 4.78 is 16.0. The molecule has 8 nitrogen and oxygen atoms in total. The quantitative estimate of drug-likeness (QED) is 0.787. The van der Waals surface area contributed by atoms with Crippen molar-refractivity contribution in [1.82, 2.24) is 19.9 Å². The van der Waals surface area contributed by atoms with Crippen molar-refractivity contribution in [3.05, 3.63) is 11.6 Å². The highest BCUT2D eigenvalue weighted by atomic mass is 32.1. The zero-order chi connectivity index (χ0) is 16.1. The van der Waals surface area contributed by atoms with Crippen LogP contribution in [0.3, 0.4) is 0 Å². The second-order valence-electron chi connectivity index (χ2n) is 5.17. The fourth-order valence-corrected chi connectivity index (χ4v) is 3.00. The second-order valence-corrected chi connectivity index (χ2v) is 6.03. The lowest BCUT2D eigenvalue weighted by molar-refractivity contribution is 0.227. The van der Waals surface area contributed by atoms with Gasteiger partial charge in [-0.15, -0.1) is 4.98 Å². The van der Waals surface area contributed by atoms with Gasteiger partial charge in [-0.1, -0.05) is 11.3 Å². The van der Waals surface area contributed by atoms with Gasteiger partial charge in [0.15, 0.2) is 0 Å². The van der Waals surface area contributed by atoms with Gasteiger partial charge in [-0.3, -0.25) is 0 Å². The number of anilines is 1.